The minimum atomic E-state index is -0.694. The normalized spacial score (nSPS) is 10.2. The van der Waals surface area contributed by atoms with Crippen molar-refractivity contribution in [2.45, 2.75) is 6.92 Å². The van der Waals surface area contributed by atoms with Gasteiger partial charge in [-0.2, -0.15) is 0 Å². The van der Waals surface area contributed by atoms with Crippen molar-refractivity contribution < 1.29 is 13.9 Å². The van der Waals surface area contributed by atoms with Crippen LogP contribution in [0, 0.1) is 12.7 Å². The van der Waals surface area contributed by atoms with E-state index in [9.17, 15) is 9.18 Å². The number of hydrogen-bond acceptors (Lipinski definition) is 4. The summed E-state index contributed by atoms with van der Waals surface area (Å²) in [5.41, 5.74) is 0.461. The highest BCUT2D eigenvalue weighted by atomic mass is 35.5. The second-order valence-corrected chi connectivity index (χ2v) is 4.34. The van der Waals surface area contributed by atoms with E-state index in [1.165, 1.54) is 19.2 Å². The first-order valence-electron chi connectivity index (χ1n) is 5.65. The lowest BCUT2D eigenvalue weighted by atomic mass is 10.2. The van der Waals surface area contributed by atoms with Crippen LogP contribution < -0.4 is 10.1 Å². The molecule has 2 rings (SSSR count). The smallest absolute Gasteiger partial charge is 0.260 e. The Bertz CT molecular complexity index is 644. The first-order chi connectivity index (χ1) is 9.49. The summed E-state index contributed by atoms with van der Waals surface area (Å²) in [6.07, 6.45) is 0. The van der Waals surface area contributed by atoms with Gasteiger partial charge in [0.1, 0.15) is 16.7 Å². The lowest BCUT2D eigenvalue weighted by Crippen LogP contribution is -2.16. The van der Waals surface area contributed by atoms with Crippen LogP contribution in [0.4, 0.5) is 10.3 Å². The van der Waals surface area contributed by atoms with Gasteiger partial charge in [-0.3, -0.25) is 10.1 Å². The van der Waals surface area contributed by atoms with Crippen molar-refractivity contribution in [2.75, 3.05) is 12.4 Å². The summed E-state index contributed by atoms with van der Waals surface area (Å²) in [6, 6.07) is 5.48. The van der Waals surface area contributed by atoms with Gasteiger partial charge < -0.3 is 4.74 Å². The Morgan fingerprint density at radius 3 is 2.70 bits per heavy atom. The Kier molecular flexibility index (Phi) is 4.14. The highest BCUT2D eigenvalue weighted by Gasteiger charge is 2.14. The number of aromatic nitrogens is 2. The molecule has 0 spiro atoms. The molecule has 1 aromatic carbocycles. The van der Waals surface area contributed by atoms with Crippen molar-refractivity contribution >= 4 is 23.5 Å². The molecule has 1 aromatic heterocycles. The summed E-state index contributed by atoms with van der Waals surface area (Å²) in [6.45, 7) is 1.71. The zero-order chi connectivity index (χ0) is 14.7. The molecule has 0 saturated carbocycles. The zero-order valence-corrected chi connectivity index (χ0v) is 11.5. The fraction of sp³-hybridized carbons (Fsp3) is 0.154. The van der Waals surface area contributed by atoms with Gasteiger partial charge in [0.2, 0.25) is 5.95 Å². The van der Waals surface area contributed by atoms with Crippen LogP contribution in [0.2, 0.25) is 5.15 Å². The molecule has 0 unspecified atom stereocenters. The van der Waals surface area contributed by atoms with Crippen LogP contribution in [0.25, 0.3) is 0 Å². The monoisotopic (exact) mass is 295 g/mol. The van der Waals surface area contributed by atoms with Crippen molar-refractivity contribution in [2.24, 2.45) is 0 Å². The van der Waals surface area contributed by atoms with Gasteiger partial charge in [-0.1, -0.05) is 11.6 Å². The molecule has 0 saturated heterocycles. The van der Waals surface area contributed by atoms with E-state index in [-0.39, 0.29) is 16.7 Å². The van der Waals surface area contributed by atoms with E-state index in [0.717, 1.165) is 6.07 Å². The van der Waals surface area contributed by atoms with E-state index in [1.54, 1.807) is 13.0 Å². The summed E-state index contributed by atoms with van der Waals surface area (Å²) >= 11 is 5.76. The summed E-state index contributed by atoms with van der Waals surface area (Å²) in [7, 11) is 1.41. The molecule has 0 aliphatic carbocycles. The van der Waals surface area contributed by atoms with Gasteiger partial charge in [0.25, 0.3) is 5.91 Å². The van der Waals surface area contributed by atoms with Crippen molar-refractivity contribution in [1.29, 1.82) is 0 Å². The van der Waals surface area contributed by atoms with Gasteiger partial charge in [-0.25, -0.2) is 14.4 Å². The maximum atomic E-state index is 13.7. The highest BCUT2D eigenvalue weighted by molar-refractivity contribution is 6.29. The number of carbonyl (C=O) groups excluding carboxylic acids is 1. The third kappa shape index (κ3) is 3.21. The number of aryl methyl sites for hydroxylation is 1. The average Bonchev–Trinajstić information content (AvgIpc) is 2.36. The van der Waals surface area contributed by atoms with E-state index in [4.69, 9.17) is 16.3 Å². The van der Waals surface area contributed by atoms with Crippen molar-refractivity contribution in [3.63, 3.8) is 0 Å². The molecular weight excluding hydrogens is 285 g/mol. The standard InChI is InChI=1S/C13H11ClFN3O2/c1-7-5-11(14)17-13(16-7)18-12(19)9-4-3-8(20-2)6-10(9)15/h3-6H,1-2H3,(H,16,17,18,19). The third-order valence-electron chi connectivity index (χ3n) is 2.47. The number of halogens is 2. The molecule has 0 aliphatic rings. The van der Waals surface area contributed by atoms with Gasteiger partial charge in [0.15, 0.2) is 0 Å². The summed E-state index contributed by atoms with van der Waals surface area (Å²) in [5.74, 6) is -1.00. The van der Waals surface area contributed by atoms with Crippen LogP contribution in [0.15, 0.2) is 24.3 Å². The van der Waals surface area contributed by atoms with E-state index in [0.29, 0.717) is 11.4 Å². The molecule has 0 aliphatic heterocycles. The van der Waals surface area contributed by atoms with Gasteiger partial charge in [-0.15, -0.1) is 0 Å². The van der Waals surface area contributed by atoms with Crippen LogP contribution in [-0.4, -0.2) is 23.0 Å². The maximum Gasteiger partial charge on any atom is 0.260 e. The summed E-state index contributed by atoms with van der Waals surface area (Å²) in [5, 5.41) is 2.59. The minimum absolute atomic E-state index is 0.0234. The zero-order valence-electron chi connectivity index (χ0n) is 10.8. The van der Waals surface area contributed by atoms with Crippen LogP contribution in [-0.2, 0) is 0 Å². The minimum Gasteiger partial charge on any atom is -0.497 e. The van der Waals surface area contributed by atoms with E-state index < -0.39 is 11.7 Å². The van der Waals surface area contributed by atoms with Crippen molar-refractivity contribution in [3.8, 4) is 5.75 Å². The molecule has 1 amide bonds. The first-order valence-corrected chi connectivity index (χ1v) is 6.03. The fourth-order valence-corrected chi connectivity index (χ4v) is 1.80. The van der Waals surface area contributed by atoms with Crippen molar-refractivity contribution in [1.82, 2.24) is 9.97 Å². The number of anilines is 1. The Balaban J connectivity index is 2.23. The maximum absolute atomic E-state index is 13.7. The summed E-state index contributed by atoms with van der Waals surface area (Å²) < 4.78 is 18.6. The molecule has 5 nitrogen and oxygen atoms in total. The Labute approximate surface area is 119 Å². The average molecular weight is 296 g/mol. The Morgan fingerprint density at radius 1 is 1.35 bits per heavy atom. The quantitative estimate of drug-likeness (QED) is 0.884. The summed E-state index contributed by atoms with van der Waals surface area (Å²) in [4.78, 5) is 19.8. The topological polar surface area (TPSA) is 64.1 Å². The Hall–Kier alpha value is -2.21. The second-order valence-electron chi connectivity index (χ2n) is 3.96. The second kappa shape index (κ2) is 5.83. The van der Waals surface area contributed by atoms with Crippen molar-refractivity contribution in [3.05, 3.63) is 46.5 Å². The molecule has 0 radical (unpaired) electrons. The number of nitrogens with zero attached hydrogens (tertiary/aromatic N) is 2. The SMILES string of the molecule is COc1ccc(C(=O)Nc2nc(C)cc(Cl)n2)c(F)c1. The number of nitrogens with one attached hydrogen (secondary N) is 1. The number of benzene rings is 1. The molecule has 2 aromatic rings. The lowest BCUT2D eigenvalue weighted by molar-refractivity contribution is 0.102. The molecular formula is C13H11ClFN3O2. The highest BCUT2D eigenvalue weighted by Crippen LogP contribution is 2.17. The molecule has 0 bridgehead atoms. The number of ether oxygens (including phenoxy) is 1. The van der Waals surface area contributed by atoms with Crippen LogP contribution in [0.5, 0.6) is 5.75 Å². The van der Waals surface area contributed by atoms with Crippen LogP contribution >= 0.6 is 11.6 Å². The van der Waals surface area contributed by atoms with Gasteiger partial charge in [0, 0.05) is 11.8 Å². The molecule has 0 atom stereocenters. The number of hydrogen-bond donors (Lipinski definition) is 1. The predicted molar refractivity (Wildman–Crippen MR) is 72.7 cm³/mol. The van der Waals surface area contributed by atoms with E-state index in [2.05, 4.69) is 15.3 Å². The molecule has 104 valence electrons. The fourth-order valence-electron chi connectivity index (χ4n) is 1.56. The van der Waals surface area contributed by atoms with Gasteiger partial charge in [-0.05, 0) is 25.1 Å². The van der Waals surface area contributed by atoms with Gasteiger partial charge >= 0.3 is 0 Å². The van der Waals surface area contributed by atoms with Gasteiger partial charge in [0.05, 0.1) is 12.7 Å². The molecule has 0 fully saturated rings. The van der Waals surface area contributed by atoms with E-state index in [1.807, 2.05) is 0 Å². The first kappa shape index (κ1) is 14.2. The molecule has 1 heterocycles. The number of carbonyl (C=O) groups is 1. The Morgan fingerprint density at radius 2 is 2.10 bits per heavy atom. The molecule has 1 N–H and O–H groups in total. The lowest BCUT2D eigenvalue weighted by Gasteiger charge is -2.07. The van der Waals surface area contributed by atoms with E-state index >= 15 is 0 Å². The third-order valence-corrected chi connectivity index (χ3v) is 2.66. The number of rotatable bonds is 3. The number of methoxy groups -OCH3 is 1. The van der Waals surface area contributed by atoms with Crippen LogP contribution in [0.3, 0.4) is 0 Å². The largest absolute Gasteiger partial charge is 0.497 e. The number of amides is 1. The van der Waals surface area contributed by atoms with Crippen LogP contribution in [0.1, 0.15) is 16.1 Å². The molecule has 7 heteroatoms. The molecule has 20 heavy (non-hydrogen) atoms. The predicted octanol–water partition coefficient (Wildman–Crippen LogP) is 2.84.